The Balaban J connectivity index is 2.53. The van der Waals surface area contributed by atoms with Crippen LogP contribution in [0.5, 0.6) is 0 Å². The summed E-state index contributed by atoms with van der Waals surface area (Å²) in [6.45, 7) is 3.51. The summed E-state index contributed by atoms with van der Waals surface area (Å²) in [6, 6.07) is 5.63. The van der Waals surface area contributed by atoms with Crippen molar-refractivity contribution in [2.45, 2.75) is 13.8 Å². The molecular weight excluding hydrogens is 286 g/mol. The first-order valence-electron chi connectivity index (χ1n) is 4.96. The highest BCUT2D eigenvalue weighted by atomic mass is 79.9. The molecule has 0 saturated heterocycles. The van der Waals surface area contributed by atoms with Gasteiger partial charge >= 0.3 is 5.97 Å². The lowest BCUT2D eigenvalue weighted by Crippen LogP contribution is -1.98. The minimum atomic E-state index is -1.08. The van der Waals surface area contributed by atoms with Gasteiger partial charge in [0.15, 0.2) is 5.69 Å². The Labute approximate surface area is 106 Å². The van der Waals surface area contributed by atoms with E-state index in [0.29, 0.717) is 11.7 Å². The highest BCUT2D eigenvalue weighted by molar-refractivity contribution is 9.10. The molecule has 0 saturated carbocycles. The zero-order valence-electron chi connectivity index (χ0n) is 9.32. The SMILES string of the molecule is Cc1cc(Br)ccc1-c1nc(C(=O)O)c(C)o1. The Hall–Kier alpha value is -1.62. The number of carboxylic acid groups (broad SMARTS) is 1. The highest BCUT2D eigenvalue weighted by Gasteiger charge is 2.17. The summed E-state index contributed by atoms with van der Waals surface area (Å²) in [5.74, 6) is -0.424. The van der Waals surface area contributed by atoms with E-state index in [1.165, 1.54) is 0 Å². The van der Waals surface area contributed by atoms with Crippen molar-refractivity contribution in [2.24, 2.45) is 0 Å². The molecule has 0 amide bonds. The van der Waals surface area contributed by atoms with E-state index in [4.69, 9.17) is 9.52 Å². The van der Waals surface area contributed by atoms with Crippen molar-refractivity contribution in [1.29, 1.82) is 0 Å². The monoisotopic (exact) mass is 295 g/mol. The first-order chi connectivity index (χ1) is 7.99. The van der Waals surface area contributed by atoms with E-state index in [9.17, 15) is 4.79 Å². The molecule has 5 heteroatoms. The van der Waals surface area contributed by atoms with Crippen LogP contribution < -0.4 is 0 Å². The van der Waals surface area contributed by atoms with Gasteiger partial charge in [0.25, 0.3) is 0 Å². The van der Waals surface area contributed by atoms with Gasteiger partial charge in [0.05, 0.1) is 0 Å². The second-order valence-electron chi connectivity index (χ2n) is 3.69. The van der Waals surface area contributed by atoms with E-state index in [2.05, 4.69) is 20.9 Å². The van der Waals surface area contributed by atoms with Crippen molar-refractivity contribution in [1.82, 2.24) is 4.98 Å². The van der Waals surface area contributed by atoms with Crippen LogP contribution in [0.15, 0.2) is 27.1 Å². The summed E-state index contributed by atoms with van der Waals surface area (Å²) in [7, 11) is 0. The van der Waals surface area contributed by atoms with Gasteiger partial charge in [-0.3, -0.25) is 0 Å². The number of aryl methyl sites for hydroxylation is 2. The summed E-state index contributed by atoms with van der Waals surface area (Å²) < 4.78 is 6.33. The van der Waals surface area contributed by atoms with Crippen LogP contribution in [-0.4, -0.2) is 16.1 Å². The first kappa shape index (κ1) is 11.9. The molecule has 4 nitrogen and oxygen atoms in total. The van der Waals surface area contributed by atoms with Crippen LogP contribution in [0, 0.1) is 13.8 Å². The van der Waals surface area contributed by atoms with Crippen LogP contribution in [0.1, 0.15) is 21.8 Å². The largest absolute Gasteiger partial charge is 0.476 e. The maximum absolute atomic E-state index is 10.9. The molecule has 0 fully saturated rings. The Morgan fingerprint density at radius 1 is 1.41 bits per heavy atom. The molecule has 0 aliphatic carbocycles. The van der Waals surface area contributed by atoms with Crippen molar-refractivity contribution < 1.29 is 14.3 Å². The lowest BCUT2D eigenvalue weighted by molar-refractivity contribution is 0.0689. The molecule has 2 rings (SSSR count). The second-order valence-corrected chi connectivity index (χ2v) is 4.60. The van der Waals surface area contributed by atoms with Crippen LogP contribution in [0.25, 0.3) is 11.5 Å². The third-order valence-electron chi connectivity index (χ3n) is 2.42. The van der Waals surface area contributed by atoms with Gasteiger partial charge in [-0.15, -0.1) is 0 Å². The third kappa shape index (κ3) is 2.24. The number of benzene rings is 1. The van der Waals surface area contributed by atoms with Gasteiger partial charge in [-0.25, -0.2) is 9.78 Å². The molecule has 0 aliphatic heterocycles. The standard InChI is InChI=1S/C12H10BrNO3/c1-6-5-8(13)3-4-9(6)11-14-10(12(15)16)7(2)17-11/h3-5H,1-2H3,(H,15,16). The minimum Gasteiger partial charge on any atom is -0.476 e. The van der Waals surface area contributed by atoms with Crippen molar-refractivity contribution in [3.8, 4) is 11.5 Å². The number of hydrogen-bond donors (Lipinski definition) is 1. The molecule has 0 unspecified atom stereocenters. The molecule has 1 heterocycles. The van der Waals surface area contributed by atoms with Crippen molar-refractivity contribution >= 4 is 21.9 Å². The molecule has 2 aromatic rings. The molecule has 17 heavy (non-hydrogen) atoms. The van der Waals surface area contributed by atoms with E-state index < -0.39 is 5.97 Å². The average molecular weight is 296 g/mol. The predicted molar refractivity (Wildman–Crippen MR) is 66.1 cm³/mol. The lowest BCUT2D eigenvalue weighted by Gasteiger charge is -2.01. The van der Waals surface area contributed by atoms with E-state index in [0.717, 1.165) is 15.6 Å². The number of aromatic nitrogens is 1. The smallest absolute Gasteiger partial charge is 0.358 e. The van der Waals surface area contributed by atoms with Crippen LogP contribution >= 0.6 is 15.9 Å². The normalized spacial score (nSPS) is 10.5. The molecule has 88 valence electrons. The van der Waals surface area contributed by atoms with Gasteiger partial charge < -0.3 is 9.52 Å². The van der Waals surface area contributed by atoms with E-state index in [1.54, 1.807) is 6.92 Å². The summed E-state index contributed by atoms with van der Waals surface area (Å²) in [5.41, 5.74) is 1.73. The summed E-state index contributed by atoms with van der Waals surface area (Å²) in [6.07, 6.45) is 0. The molecule has 0 bridgehead atoms. The molecule has 1 aromatic carbocycles. The number of hydrogen-bond acceptors (Lipinski definition) is 3. The first-order valence-corrected chi connectivity index (χ1v) is 5.75. The quantitative estimate of drug-likeness (QED) is 0.922. The molecule has 1 N–H and O–H groups in total. The number of rotatable bonds is 2. The van der Waals surface area contributed by atoms with Crippen molar-refractivity contribution in [2.75, 3.05) is 0 Å². The highest BCUT2D eigenvalue weighted by Crippen LogP contribution is 2.27. The summed E-state index contributed by atoms with van der Waals surface area (Å²) >= 11 is 3.37. The molecular formula is C12H10BrNO3. The number of halogens is 1. The molecule has 0 spiro atoms. The zero-order chi connectivity index (χ0) is 12.6. The average Bonchev–Trinajstić information content (AvgIpc) is 2.60. The minimum absolute atomic E-state index is 0.0395. The van der Waals surface area contributed by atoms with Crippen LogP contribution in [0.4, 0.5) is 0 Å². The maximum Gasteiger partial charge on any atom is 0.358 e. The number of nitrogens with zero attached hydrogens (tertiary/aromatic N) is 1. The topological polar surface area (TPSA) is 63.3 Å². The maximum atomic E-state index is 10.9. The second kappa shape index (κ2) is 4.33. The van der Waals surface area contributed by atoms with Gasteiger partial charge in [0, 0.05) is 10.0 Å². The van der Waals surface area contributed by atoms with Crippen LogP contribution in [-0.2, 0) is 0 Å². The Bertz CT molecular complexity index is 589. The van der Waals surface area contributed by atoms with Gasteiger partial charge in [0.2, 0.25) is 5.89 Å². The van der Waals surface area contributed by atoms with Gasteiger partial charge in [-0.05, 0) is 37.6 Å². The van der Waals surface area contributed by atoms with Crippen molar-refractivity contribution in [3.63, 3.8) is 0 Å². The lowest BCUT2D eigenvalue weighted by atomic mass is 10.1. The summed E-state index contributed by atoms with van der Waals surface area (Å²) in [5, 5.41) is 8.91. The molecule has 0 aliphatic rings. The predicted octanol–water partition coefficient (Wildman–Crippen LogP) is 3.42. The van der Waals surface area contributed by atoms with Gasteiger partial charge in [-0.1, -0.05) is 15.9 Å². The number of oxazole rings is 1. The fraction of sp³-hybridized carbons (Fsp3) is 0.167. The molecule has 0 radical (unpaired) electrons. The van der Waals surface area contributed by atoms with E-state index >= 15 is 0 Å². The van der Waals surface area contributed by atoms with E-state index in [1.807, 2.05) is 25.1 Å². The van der Waals surface area contributed by atoms with Gasteiger partial charge in [-0.2, -0.15) is 0 Å². The number of carboxylic acids is 1. The van der Waals surface area contributed by atoms with Crippen molar-refractivity contribution in [3.05, 3.63) is 39.7 Å². The van der Waals surface area contributed by atoms with Crippen LogP contribution in [0.2, 0.25) is 0 Å². The van der Waals surface area contributed by atoms with Crippen LogP contribution in [0.3, 0.4) is 0 Å². The molecule has 1 aromatic heterocycles. The van der Waals surface area contributed by atoms with Gasteiger partial charge in [0.1, 0.15) is 5.76 Å². The Kier molecular flexibility index (Phi) is 3.02. The number of carbonyl (C=O) groups is 1. The Morgan fingerprint density at radius 3 is 2.65 bits per heavy atom. The Morgan fingerprint density at radius 2 is 2.12 bits per heavy atom. The summed E-state index contributed by atoms with van der Waals surface area (Å²) in [4.78, 5) is 14.9. The fourth-order valence-corrected chi connectivity index (χ4v) is 2.05. The number of aromatic carboxylic acids is 1. The fourth-order valence-electron chi connectivity index (χ4n) is 1.58. The van der Waals surface area contributed by atoms with E-state index in [-0.39, 0.29) is 5.69 Å². The third-order valence-corrected chi connectivity index (χ3v) is 2.91. The zero-order valence-corrected chi connectivity index (χ0v) is 10.9. The molecule has 0 atom stereocenters.